The zero-order valence-electron chi connectivity index (χ0n) is 16.6. The zero-order chi connectivity index (χ0) is 20.8. The van der Waals surface area contributed by atoms with Gasteiger partial charge in [0.25, 0.3) is 5.56 Å². The topological polar surface area (TPSA) is 61.8 Å². The van der Waals surface area contributed by atoms with Crippen LogP contribution in [-0.4, -0.2) is 18.7 Å². The fraction of sp³-hybridized carbons (Fsp3) is 0.261. The Labute approximate surface area is 178 Å². The summed E-state index contributed by atoms with van der Waals surface area (Å²) in [7, 11) is 0. The lowest BCUT2D eigenvalue weighted by atomic mass is 10.1. The molecule has 5 rings (SSSR count). The second kappa shape index (κ2) is 7.29. The van der Waals surface area contributed by atoms with E-state index in [2.05, 4.69) is 4.98 Å². The van der Waals surface area contributed by atoms with Crippen LogP contribution in [0.2, 0.25) is 5.02 Å². The van der Waals surface area contributed by atoms with E-state index in [1.54, 1.807) is 30.6 Å². The number of hydrogen-bond donors (Lipinski definition) is 0. The highest BCUT2D eigenvalue weighted by Gasteiger charge is 2.26. The Morgan fingerprint density at radius 2 is 1.73 bits per heavy atom. The minimum absolute atomic E-state index is 0.281. The van der Waals surface area contributed by atoms with Gasteiger partial charge in [0.1, 0.15) is 0 Å². The van der Waals surface area contributed by atoms with E-state index in [1.807, 2.05) is 35.8 Å². The first-order valence-corrected chi connectivity index (χ1v) is 10.4. The maximum Gasteiger partial charge on any atom is 0.337 e. The zero-order valence-corrected chi connectivity index (χ0v) is 17.3. The second-order valence-electron chi connectivity index (χ2n) is 7.98. The molecular formula is C23H21ClN4O2. The van der Waals surface area contributed by atoms with Crippen molar-refractivity contribution in [2.75, 3.05) is 0 Å². The number of rotatable bonds is 5. The van der Waals surface area contributed by atoms with Gasteiger partial charge in [0, 0.05) is 18.1 Å². The molecule has 0 unspecified atom stereocenters. The summed E-state index contributed by atoms with van der Waals surface area (Å²) < 4.78 is 4.71. The summed E-state index contributed by atoms with van der Waals surface area (Å²) in [6.45, 7) is 2.99. The average Bonchev–Trinajstić information content (AvgIpc) is 3.47. The predicted molar refractivity (Wildman–Crippen MR) is 118 cm³/mol. The minimum Gasteiger partial charge on any atom is -0.320 e. The van der Waals surface area contributed by atoms with Gasteiger partial charge in [-0.25, -0.2) is 14.3 Å². The van der Waals surface area contributed by atoms with Gasteiger partial charge in [0.15, 0.2) is 11.2 Å². The normalized spacial score (nSPS) is 13.8. The van der Waals surface area contributed by atoms with E-state index in [-0.39, 0.29) is 11.2 Å². The van der Waals surface area contributed by atoms with Crippen molar-refractivity contribution in [3.8, 4) is 5.69 Å². The predicted octanol–water partition coefficient (Wildman–Crippen LogP) is 3.77. The molecule has 1 fully saturated rings. The van der Waals surface area contributed by atoms with Crippen LogP contribution in [0.15, 0.2) is 64.4 Å². The van der Waals surface area contributed by atoms with E-state index in [9.17, 15) is 9.59 Å². The summed E-state index contributed by atoms with van der Waals surface area (Å²) >= 11 is 6.03. The van der Waals surface area contributed by atoms with Gasteiger partial charge in [-0.1, -0.05) is 41.4 Å². The van der Waals surface area contributed by atoms with Crippen LogP contribution in [-0.2, 0) is 13.1 Å². The molecule has 1 saturated carbocycles. The van der Waals surface area contributed by atoms with Crippen LogP contribution in [0.3, 0.4) is 0 Å². The Bertz CT molecular complexity index is 1340. The highest BCUT2D eigenvalue weighted by atomic mass is 35.5. The standard InChI is InChI=1S/C23H21ClN4O2/c1-15-2-4-16(5-3-15)12-26-14-25-21-20(26)22(29)27(13-17-6-7-17)23(30)28(21)19-10-8-18(24)9-11-19/h2-5,8-11,14,17H,6-7,12-13H2,1H3. The average molecular weight is 421 g/mol. The van der Waals surface area contributed by atoms with Gasteiger partial charge < -0.3 is 4.57 Å². The van der Waals surface area contributed by atoms with Gasteiger partial charge in [0.05, 0.1) is 12.0 Å². The molecule has 7 heteroatoms. The Balaban J connectivity index is 1.73. The molecule has 0 aliphatic heterocycles. The molecule has 0 bridgehead atoms. The lowest BCUT2D eigenvalue weighted by Gasteiger charge is -2.13. The van der Waals surface area contributed by atoms with Crippen molar-refractivity contribution in [1.29, 1.82) is 0 Å². The molecule has 30 heavy (non-hydrogen) atoms. The molecule has 0 saturated heterocycles. The molecule has 0 spiro atoms. The van der Waals surface area contributed by atoms with Crippen molar-refractivity contribution in [3.05, 3.63) is 91.8 Å². The molecular weight excluding hydrogens is 400 g/mol. The van der Waals surface area contributed by atoms with Crippen LogP contribution >= 0.6 is 11.6 Å². The molecule has 1 aliphatic rings. The van der Waals surface area contributed by atoms with E-state index in [4.69, 9.17) is 11.6 Å². The summed E-state index contributed by atoms with van der Waals surface area (Å²) in [5, 5.41) is 0.583. The summed E-state index contributed by atoms with van der Waals surface area (Å²) in [4.78, 5) is 31.1. The van der Waals surface area contributed by atoms with Crippen molar-refractivity contribution in [1.82, 2.24) is 18.7 Å². The summed E-state index contributed by atoms with van der Waals surface area (Å²) in [6.07, 6.45) is 3.74. The van der Waals surface area contributed by atoms with E-state index < -0.39 is 0 Å². The molecule has 0 amide bonds. The number of fused-ring (bicyclic) bond motifs is 1. The van der Waals surface area contributed by atoms with Crippen LogP contribution in [0.5, 0.6) is 0 Å². The molecule has 1 aliphatic carbocycles. The Morgan fingerprint density at radius 1 is 1.03 bits per heavy atom. The third kappa shape index (κ3) is 3.37. The Morgan fingerprint density at radius 3 is 2.40 bits per heavy atom. The van der Waals surface area contributed by atoms with Gasteiger partial charge in [-0.15, -0.1) is 0 Å². The number of nitrogens with zero attached hydrogens (tertiary/aromatic N) is 4. The van der Waals surface area contributed by atoms with Gasteiger partial charge in [0.2, 0.25) is 0 Å². The largest absolute Gasteiger partial charge is 0.337 e. The number of imidazole rings is 1. The highest BCUT2D eigenvalue weighted by molar-refractivity contribution is 6.30. The van der Waals surface area contributed by atoms with E-state index in [0.717, 1.165) is 18.4 Å². The van der Waals surface area contributed by atoms with Crippen molar-refractivity contribution in [2.45, 2.75) is 32.9 Å². The van der Waals surface area contributed by atoms with Crippen LogP contribution in [0.25, 0.3) is 16.9 Å². The third-order valence-corrected chi connectivity index (χ3v) is 5.85. The quantitative estimate of drug-likeness (QED) is 0.493. The summed E-state index contributed by atoms with van der Waals surface area (Å²) in [6, 6.07) is 15.2. The Hall–Kier alpha value is -3.12. The summed E-state index contributed by atoms with van der Waals surface area (Å²) in [5.41, 5.74) is 3.05. The Kier molecular flexibility index (Phi) is 4.59. The SMILES string of the molecule is Cc1ccc(Cn2cnc3c2c(=O)n(CC2CC2)c(=O)n3-c2ccc(Cl)cc2)cc1. The monoisotopic (exact) mass is 420 g/mol. The van der Waals surface area contributed by atoms with Crippen molar-refractivity contribution in [3.63, 3.8) is 0 Å². The fourth-order valence-electron chi connectivity index (χ4n) is 3.73. The molecule has 0 atom stereocenters. The van der Waals surface area contributed by atoms with E-state index in [1.165, 1.54) is 14.7 Å². The first kappa shape index (κ1) is 18.9. The van der Waals surface area contributed by atoms with E-state index >= 15 is 0 Å². The lowest BCUT2D eigenvalue weighted by Crippen LogP contribution is -2.40. The number of benzene rings is 2. The molecule has 2 aromatic carbocycles. The molecule has 2 heterocycles. The van der Waals surface area contributed by atoms with Crippen molar-refractivity contribution in [2.24, 2.45) is 5.92 Å². The molecule has 6 nitrogen and oxygen atoms in total. The fourth-order valence-corrected chi connectivity index (χ4v) is 3.86. The van der Waals surface area contributed by atoms with Gasteiger partial charge in [-0.05, 0) is 55.5 Å². The maximum atomic E-state index is 13.3. The lowest BCUT2D eigenvalue weighted by molar-refractivity contribution is 0.567. The van der Waals surface area contributed by atoms with Crippen LogP contribution in [0.4, 0.5) is 0 Å². The molecule has 4 aromatic rings. The molecule has 0 N–H and O–H groups in total. The minimum atomic E-state index is -0.359. The van der Waals surface area contributed by atoms with Crippen LogP contribution in [0, 0.1) is 12.8 Å². The smallest absolute Gasteiger partial charge is 0.320 e. The number of aromatic nitrogens is 4. The van der Waals surface area contributed by atoms with E-state index in [0.29, 0.717) is 40.9 Å². The molecule has 152 valence electrons. The number of hydrogen-bond acceptors (Lipinski definition) is 3. The van der Waals surface area contributed by atoms with Gasteiger partial charge >= 0.3 is 5.69 Å². The number of aryl methyl sites for hydroxylation is 1. The molecule has 2 aromatic heterocycles. The van der Waals surface area contributed by atoms with Crippen molar-refractivity contribution >= 4 is 22.8 Å². The number of halogens is 1. The second-order valence-corrected chi connectivity index (χ2v) is 8.42. The van der Waals surface area contributed by atoms with Crippen molar-refractivity contribution < 1.29 is 0 Å². The van der Waals surface area contributed by atoms with Gasteiger partial charge in [-0.3, -0.25) is 9.36 Å². The van der Waals surface area contributed by atoms with Crippen LogP contribution < -0.4 is 11.2 Å². The first-order chi connectivity index (χ1) is 14.5. The van der Waals surface area contributed by atoms with Gasteiger partial charge in [-0.2, -0.15) is 0 Å². The van der Waals surface area contributed by atoms with Crippen LogP contribution in [0.1, 0.15) is 24.0 Å². The first-order valence-electron chi connectivity index (χ1n) is 10.0. The summed E-state index contributed by atoms with van der Waals surface area (Å²) in [5.74, 6) is 0.389. The third-order valence-electron chi connectivity index (χ3n) is 5.60. The molecule has 0 radical (unpaired) electrons. The highest BCUT2D eigenvalue weighted by Crippen LogP contribution is 2.30. The maximum absolute atomic E-state index is 13.3.